The molecular weight excluding hydrogens is 320 g/mol. The van der Waals surface area contributed by atoms with Crippen molar-refractivity contribution >= 4 is 39.1 Å². The third-order valence-corrected chi connectivity index (χ3v) is 6.41. The molecule has 2 aliphatic rings. The number of nitrogens with one attached hydrogen (secondary N) is 1. The molecule has 4 heterocycles. The molecule has 118 valence electrons. The normalized spacial score (nSPS) is 24.1. The molecule has 1 atom stereocenters. The van der Waals surface area contributed by atoms with Crippen molar-refractivity contribution in [1.82, 2.24) is 24.7 Å². The molecule has 2 aliphatic heterocycles. The van der Waals surface area contributed by atoms with Crippen LogP contribution in [0, 0.1) is 5.92 Å². The van der Waals surface area contributed by atoms with Gasteiger partial charge in [-0.3, -0.25) is 9.69 Å². The van der Waals surface area contributed by atoms with E-state index in [2.05, 4.69) is 25.5 Å². The predicted octanol–water partition coefficient (Wildman–Crippen LogP) is 1.34. The summed E-state index contributed by atoms with van der Waals surface area (Å²) < 4.78 is 1.58. The van der Waals surface area contributed by atoms with Gasteiger partial charge in [0.15, 0.2) is 0 Å². The third kappa shape index (κ3) is 2.84. The monoisotopic (exact) mass is 338 g/mol. The van der Waals surface area contributed by atoms with Gasteiger partial charge < -0.3 is 5.32 Å². The fraction of sp³-hybridized carbons (Fsp3) is 0.692. The van der Waals surface area contributed by atoms with Gasteiger partial charge in [0.25, 0.3) is 0 Å². The lowest BCUT2D eigenvalue weighted by Gasteiger charge is -2.34. The first-order valence-electron chi connectivity index (χ1n) is 7.59. The summed E-state index contributed by atoms with van der Waals surface area (Å²) in [6.07, 6.45) is 4.72. The predicted molar refractivity (Wildman–Crippen MR) is 87.3 cm³/mol. The Labute approximate surface area is 136 Å². The first-order valence-corrected chi connectivity index (χ1v) is 9.56. The topological polar surface area (TPSA) is 75.4 Å². The number of rotatable bonds is 3. The molecule has 9 heteroatoms. The van der Waals surface area contributed by atoms with Gasteiger partial charge in [0, 0.05) is 17.7 Å². The molecule has 1 unspecified atom stereocenters. The number of carbonyl (C=O) groups excluding carboxylic acids is 1. The first kappa shape index (κ1) is 14.4. The molecular formula is C13H18N6OS2. The Morgan fingerprint density at radius 1 is 1.32 bits per heavy atom. The van der Waals surface area contributed by atoms with E-state index in [9.17, 15) is 4.79 Å². The smallest absolute Gasteiger partial charge is 0.236 e. The summed E-state index contributed by atoms with van der Waals surface area (Å²) in [5.74, 6) is 2.72. The van der Waals surface area contributed by atoms with Crippen LogP contribution in [0.1, 0.15) is 19.3 Å². The largest absolute Gasteiger partial charge is 0.300 e. The van der Waals surface area contributed by atoms with Crippen molar-refractivity contribution in [2.24, 2.45) is 5.92 Å². The molecule has 2 aromatic rings. The minimum Gasteiger partial charge on any atom is -0.300 e. The zero-order valence-electron chi connectivity index (χ0n) is 12.1. The number of piperidine rings is 1. The molecule has 1 N–H and O–H groups in total. The Kier molecular flexibility index (Phi) is 4.01. The minimum atomic E-state index is 0.0883. The molecule has 2 aromatic heterocycles. The number of aromatic nitrogens is 4. The molecule has 0 aromatic carbocycles. The Bertz CT molecular complexity index is 628. The lowest BCUT2D eigenvalue weighted by molar-refractivity contribution is -0.121. The van der Waals surface area contributed by atoms with Gasteiger partial charge in [-0.05, 0) is 38.1 Å². The summed E-state index contributed by atoms with van der Waals surface area (Å²) in [6.45, 7) is 2.07. The van der Waals surface area contributed by atoms with Gasteiger partial charge in [-0.2, -0.15) is 16.3 Å². The number of nitrogens with zero attached hydrogens (tertiary/aromatic N) is 5. The van der Waals surface area contributed by atoms with Gasteiger partial charge >= 0.3 is 0 Å². The summed E-state index contributed by atoms with van der Waals surface area (Å²) in [5.41, 5.74) is 0. The summed E-state index contributed by atoms with van der Waals surface area (Å²) in [6, 6.07) is 0.730. The van der Waals surface area contributed by atoms with E-state index in [1.165, 1.54) is 29.3 Å². The van der Waals surface area contributed by atoms with Gasteiger partial charge in [-0.1, -0.05) is 11.3 Å². The maximum Gasteiger partial charge on any atom is 0.236 e. The van der Waals surface area contributed by atoms with Gasteiger partial charge in [0.1, 0.15) is 6.33 Å². The van der Waals surface area contributed by atoms with Crippen molar-refractivity contribution in [1.29, 1.82) is 0 Å². The summed E-state index contributed by atoms with van der Waals surface area (Å²) in [4.78, 5) is 15.6. The number of likely N-dealkylation sites (tertiary alicyclic amines) is 1. The van der Waals surface area contributed by atoms with E-state index in [4.69, 9.17) is 0 Å². The Morgan fingerprint density at radius 3 is 2.91 bits per heavy atom. The van der Waals surface area contributed by atoms with Crippen LogP contribution < -0.4 is 5.32 Å². The average molecular weight is 338 g/mol. The van der Waals surface area contributed by atoms with Gasteiger partial charge in [0.05, 0.1) is 0 Å². The first-order chi connectivity index (χ1) is 10.8. The maximum absolute atomic E-state index is 12.4. The Hall–Kier alpha value is -1.19. The minimum absolute atomic E-state index is 0.0883. The highest BCUT2D eigenvalue weighted by molar-refractivity contribution is 7.99. The number of hydrogen-bond donors (Lipinski definition) is 1. The average Bonchev–Trinajstić information content (AvgIpc) is 3.24. The van der Waals surface area contributed by atoms with E-state index in [1.807, 2.05) is 11.8 Å². The zero-order chi connectivity index (χ0) is 14.9. The molecule has 0 spiro atoms. The van der Waals surface area contributed by atoms with Crippen molar-refractivity contribution in [2.75, 3.05) is 29.9 Å². The van der Waals surface area contributed by atoms with Gasteiger partial charge in [0.2, 0.25) is 16.0 Å². The lowest BCUT2D eigenvalue weighted by Crippen LogP contribution is -2.43. The Morgan fingerprint density at radius 2 is 2.18 bits per heavy atom. The fourth-order valence-electron chi connectivity index (χ4n) is 3.15. The van der Waals surface area contributed by atoms with Crippen LogP contribution >= 0.6 is 23.1 Å². The van der Waals surface area contributed by atoms with E-state index in [-0.39, 0.29) is 11.8 Å². The van der Waals surface area contributed by atoms with E-state index in [1.54, 1.807) is 10.8 Å². The number of fused-ring (bicyclic) bond motifs is 1. The van der Waals surface area contributed by atoms with E-state index in [0.717, 1.165) is 32.0 Å². The van der Waals surface area contributed by atoms with Gasteiger partial charge in [-0.15, -0.1) is 15.3 Å². The number of thioether (sulfide) groups is 1. The van der Waals surface area contributed by atoms with Crippen LogP contribution in [0.4, 0.5) is 5.13 Å². The highest BCUT2D eigenvalue weighted by atomic mass is 32.2. The molecule has 22 heavy (non-hydrogen) atoms. The molecule has 1 amide bonds. The molecule has 4 rings (SSSR count). The second-order valence-electron chi connectivity index (χ2n) is 5.78. The van der Waals surface area contributed by atoms with Crippen molar-refractivity contribution in [3.63, 3.8) is 0 Å². The molecule has 0 bridgehead atoms. The summed E-state index contributed by atoms with van der Waals surface area (Å²) >= 11 is 3.40. The highest BCUT2D eigenvalue weighted by Gasteiger charge is 2.30. The van der Waals surface area contributed by atoms with Crippen LogP contribution in [0.5, 0.6) is 0 Å². The van der Waals surface area contributed by atoms with Crippen LogP contribution in [0.3, 0.4) is 0 Å². The van der Waals surface area contributed by atoms with Crippen LogP contribution in [0.25, 0.3) is 4.96 Å². The van der Waals surface area contributed by atoms with Crippen molar-refractivity contribution in [2.45, 2.75) is 25.3 Å². The van der Waals surface area contributed by atoms with Crippen LogP contribution in [-0.2, 0) is 4.79 Å². The van der Waals surface area contributed by atoms with E-state index in [0.29, 0.717) is 10.1 Å². The second kappa shape index (κ2) is 6.13. The standard InChI is InChI=1S/C13H18N6OS2/c20-11(15-12-17-19-8-14-16-13(19)22-12)9-1-4-18(5-2-9)10-3-6-21-7-10/h8-10H,1-7H2,(H,15,17,20). The molecule has 0 aliphatic carbocycles. The van der Waals surface area contributed by atoms with Crippen LogP contribution in [0.15, 0.2) is 6.33 Å². The van der Waals surface area contributed by atoms with Gasteiger partial charge in [-0.25, -0.2) is 0 Å². The summed E-state index contributed by atoms with van der Waals surface area (Å²) in [7, 11) is 0. The van der Waals surface area contributed by atoms with Crippen LogP contribution in [-0.4, -0.2) is 61.3 Å². The van der Waals surface area contributed by atoms with Crippen molar-refractivity contribution in [3.8, 4) is 0 Å². The highest BCUT2D eigenvalue weighted by Crippen LogP contribution is 2.27. The second-order valence-corrected chi connectivity index (χ2v) is 7.89. The molecule has 2 saturated heterocycles. The van der Waals surface area contributed by atoms with Crippen molar-refractivity contribution in [3.05, 3.63) is 6.33 Å². The third-order valence-electron chi connectivity index (χ3n) is 4.44. The zero-order valence-corrected chi connectivity index (χ0v) is 13.8. The van der Waals surface area contributed by atoms with Crippen molar-refractivity contribution < 1.29 is 4.79 Å². The number of anilines is 1. The van der Waals surface area contributed by atoms with E-state index < -0.39 is 0 Å². The van der Waals surface area contributed by atoms with Crippen LogP contribution in [0.2, 0.25) is 0 Å². The summed E-state index contributed by atoms with van der Waals surface area (Å²) in [5, 5.41) is 15.5. The molecule has 0 radical (unpaired) electrons. The molecule has 7 nitrogen and oxygen atoms in total. The SMILES string of the molecule is O=C(Nc1nn2cnnc2s1)C1CCN(C2CCSC2)CC1. The molecule has 0 saturated carbocycles. The lowest BCUT2D eigenvalue weighted by atomic mass is 9.95. The maximum atomic E-state index is 12.4. The fourth-order valence-corrected chi connectivity index (χ4v) is 5.13. The van der Waals surface area contributed by atoms with E-state index >= 15 is 0 Å². The Balaban J connectivity index is 1.32. The number of carbonyl (C=O) groups is 1. The number of amides is 1. The quantitative estimate of drug-likeness (QED) is 0.910. The number of hydrogen-bond acceptors (Lipinski definition) is 7. The molecule has 2 fully saturated rings.